The minimum absolute atomic E-state index is 0.114. The van der Waals surface area contributed by atoms with Gasteiger partial charge in [0.1, 0.15) is 11.5 Å². The van der Waals surface area contributed by atoms with Crippen molar-refractivity contribution in [1.82, 2.24) is 4.98 Å². The molecule has 4 N–H and O–H groups in total. The van der Waals surface area contributed by atoms with Crippen molar-refractivity contribution in [3.8, 4) is 0 Å². The fourth-order valence-corrected chi connectivity index (χ4v) is 1.71. The number of benzene rings is 1. The zero-order valence-electron chi connectivity index (χ0n) is 10.5. The number of hydrogen-bond acceptors (Lipinski definition) is 2. The predicted octanol–water partition coefficient (Wildman–Crippen LogP) is 2.80. The van der Waals surface area contributed by atoms with Gasteiger partial charge in [0.2, 0.25) is 0 Å². The van der Waals surface area contributed by atoms with E-state index in [1.54, 1.807) is 6.92 Å². The molecule has 0 aliphatic carbocycles. The molecule has 0 atom stereocenters. The normalized spacial score (nSPS) is 10.1. The van der Waals surface area contributed by atoms with Gasteiger partial charge in [-0.25, -0.2) is 14.0 Å². The van der Waals surface area contributed by atoms with Crippen LogP contribution in [0.3, 0.4) is 0 Å². The van der Waals surface area contributed by atoms with Crippen molar-refractivity contribution >= 4 is 23.4 Å². The van der Waals surface area contributed by atoms with Crippen molar-refractivity contribution in [3.63, 3.8) is 0 Å². The van der Waals surface area contributed by atoms with Crippen molar-refractivity contribution in [2.24, 2.45) is 0 Å². The molecule has 1 aromatic carbocycles. The number of halogens is 1. The highest BCUT2D eigenvalue weighted by Crippen LogP contribution is 2.17. The third kappa shape index (κ3) is 3.14. The largest absolute Gasteiger partial charge is 0.477 e. The summed E-state index contributed by atoms with van der Waals surface area (Å²) in [5.74, 6) is -1.66. The Balaban J connectivity index is 2.10. The number of anilines is 2. The second-order valence-electron chi connectivity index (χ2n) is 4.14. The first-order chi connectivity index (χ1) is 9.45. The van der Waals surface area contributed by atoms with Gasteiger partial charge in [0, 0.05) is 11.4 Å². The zero-order chi connectivity index (χ0) is 14.7. The average molecular weight is 277 g/mol. The highest BCUT2D eigenvalue weighted by atomic mass is 19.1. The first kappa shape index (κ1) is 13.6. The number of carboxylic acid groups (broad SMARTS) is 1. The van der Waals surface area contributed by atoms with Gasteiger partial charge in [0.05, 0.1) is 5.69 Å². The van der Waals surface area contributed by atoms with Gasteiger partial charge in [-0.3, -0.25) is 0 Å². The van der Waals surface area contributed by atoms with Crippen molar-refractivity contribution in [1.29, 1.82) is 0 Å². The number of rotatable bonds is 3. The molecule has 20 heavy (non-hydrogen) atoms. The van der Waals surface area contributed by atoms with E-state index in [0.717, 1.165) is 6.07 Å². The lowest BCUT2D eigenvalue weighted by Crippen LogP contribution is -2.20. The molecule has 7 heteroatoms. The maximum atomic E-state index is 13.0. The first-order valence-electron chi connectivity index (χ1n) is 5.72. The van der Waals surface area contributed by atoms with E-state index in [4.69, 9.17) is 5.11 Å². The lowest BCUT2D eigenvalue weighted by Gasteiger charge is -2.07. The van der Waals surface area contributed by atoms with Crippen LogP contribution in [0.2, 0.25) is 0 Å². The fourth-order valence-electron chi connectivity index (χ4n) is 1.71. The Morgan fingerprint density at radius 1 is 1.25 bits per heavy atom. The van der Waals surface area contributed by atoms with Crippen LogP contribution in [-0.2, 0) is 0 Å². The number of urea groups is 1. The molecule has 2 amide bonds. The van der Waals surface area contributed by atoms with E-state index in [9.17, 15) is 14.0 Å². The van der Waals surface area contributed by atoms with Crippen LogP contribution < -0.4 is 10.6 Å². The molecule has 0 bridgehead atoms. The summed E-state index contributed by atoms with van der Waals surface area (Å²) >= 11 is 0. The molecule has 6 nitrogen and oxygen atoms in total. The summed E-state index contributed by atoms with van der Waals surface area (Å²) in [4.78, 5) is 25.3. The van der Waals surface area contributed by atoms with Gasteiger partial charge in [0.25, 0.3) is 0 Å². The molecule has 0 saturated carbocycles. The van der Waals surface area contributed by atoms with Gasteiger partial charge in [0.15, 0.2) is 0 Å². The van der Waals surface area contributed by atoms with Crippen LogP contribution in [0.5, 0.6) is 0 Å². The maximum Gasteiger partial charge on any atom is 0.354 e. The molecular formula is C13H12FN3O3. The van der Waals surface area contributed by atoms with Crippen LogP contribution in [0.4, 0.5) is 20.6 Å². The summed E-state index contributed by atoms with van der Waals surface area (Å²) < 4.78 is 13.0. The molecule has 0 unspecified atom stereocenters. The number of aryl methyl sites for hydroxylation is 1. The molecule has 1 aromatic heterocycles. The molecule has 0 aliphatic rings. The fraction of sp³-hybridized carbons (Fsp3) is 0.0769. The Hall–Kier alpha value is -2.83. The van der Waals surface area contributed by atoms with E-state index in [0.29, 0.717) is 5.69 Å². The van der Waals surface area contributed by atoms with Crippen LogP contribution in [0, 0.1) is 12.7 Å². The van der Waals surface area contributed by atoms with Crippen LogP contribution in [0.15, 0.2) is 30.3 Å². The van der Waals surface area contributed by atoms with E-state index in [1.165, 1.54) is 24.3 Å². The average Bonchev–Trinajstić information content (AvgIpc) is 2.70. The highest BCUT2D eigenvalue weighted by Gasteiger charge is 2.15. The van der Waals surface area contributed by atoms with E-state index < -0.39 is 17.8 Å². The number of carbonyl (C=O) groups excluding carboxylic acids is 1. The highest BCUT2D eigenvalue weighted by molar-refractivity contribution is 6.04. The molecule has 0 fully saturated rings. The zero-order valence-corrected chi connectivity index (χ0v) is 10.5. The summed E-state index contributed by atoms with van der Waals surface area (Å²) in [7, 11) is 0. The number of aromatic nitrogens is 1. The summed E-state index contributed by atoms with van der Waals surface area (Å²) in [5.41, 5.74) is 0.899. The number of carbonyl (C=O) groups is 2. The molecule has 0 aliphatic heterocycles. The van der Waals surface area contributed by atoms with Gasteiger partial charge >= 0.3 is 12.0 Å². The number of nitrogens with one attached hydrogen (secondary N) is 3. The lowest BCUT2D eigenvalue weighted by atomic mass is 10.3. The van der Waals surface area contributed by atoms with Gasteiger partial charge in [-0.1, -0.05) is 6.07 Å². The summed E-state index contributed by atoms with van der Waals surface area (Å²) in [6.45, 7) is 1.67. The number of aromatic carboxylic acids is 1. The van der Waals surface area contributed by atoms with Crippen LogP contribution >= 0.6 is 0 Å². The van der Waals surface area contributed by atoms with Crippen molar-refractivity contribution in [3.05, 3.63) is 47.5 Å². The van der Waals surface area contributed by atoms with Crippen molar-refractivity contribution in [2.45, 2.75) is 6.92 Å². The Morgan fingerprint density at radius 2 is 2.00 bits per heavy atom. The third-order valence-corrected chi connectivity index (χ3v) is 2.50. The van der Waals surface area contributed by atoms with E-state index in [2.05, 4.69) is 15.6 Å². The van der Waals surface area contributed by atoms with E-state index in [-0.39, 0.29) is 17.1 Å². The number of carboxylic acids is 1. The Labute approximate surface area is 113 Å². The van der Waals surface area contributed by atoms with E-state index in [1.807, 2.05) is 0 Å². The molecule has 104 valence electrons. The van der Waals surface area contributed by atoms with Crippen molar-refractivity contribution in [2.75, 3.05) is 10.6 Å². The first-order valence-corrected chi connectivity index (χ1v) is 5.72. The molecule has 2 aromatic rings. The Morgan fingerprint density at radius 3 is 2.65 bits per heavy atom. The monoisotopic (exact) mass is 277 g/mol. The van der Waals surface area contributed by atoms with Crippen molar-refractivity contribution < 1.29 is 19.1 Å². The molecular weight excluding hydrogens is 265 g/mol. The molecule has 2 rings (SSSR count). The van der Waals surface area contributed by atoms with Crippen LogP contribution in [0.25, 0.3) is 0 Å². The smallest absolute Gasteiger partial charge is 0.354 e. The van der Waals surface area contributed by atoms with Crippen LogP contribution in [-0.4, -0.2) is 22.1 Å². The topological polar surface area (TPSA) is 94.2 Å². The van der Waals surface area contributed by atoms with Gasteiger partial charge in [-0.2, -0.15) is 0 Å². The Bertz CT molecular complexity index is 667. The summed E-state index contributed by atoms with van der Waals surface area (Å²) in [5, 5.41) is 13.8. The second-order valence-corrected chi connectivity index (χ2v) is 4.14. The summed E-state index contributed by atoms with van der Waals surface area (Å²) in [6.07, 6.45) is 0. The minimum Gasteiger partial charge on any atom is -0.477 e. The molecule has 0 saturated heterocycles. The minimum atomic E-state index is -1.18. The maximum absolute atomic E-state index is 13.0. The molecule has 0 radical (unpaired) electrons. The predicted molar refractivity (Wildman–Crippen MR) is 71.5 cm³/mol. The molecule has 1 heterocycles. The van der Waals surface area contributed by atoms with Gasteiger partial charge in [-0.05, 0) is 31.2 Å². The standard InChI is InChI=1S/C13H12FN3O3/c1-7-5-10(11(15-7)12(18)19)17-13(20)16-9-4-2-3-8(14)6-9/h2-6,15H,1H3,(H,18,19)(H2,16,17,20). The number of aromatic amines is 1. The second kappa shape index (κ2) is 5.43. The number of hydrogen-bond donors (Lipinski definition) is 4. The van der Waals surface area contributed by atoms with Crippen LogP contribution in [0.1, 0.15) is 16.2 Å². The SMILES string of the molecule is Cc1cc(NC(=O)Nc2cccc(F)c2)c(C(=O)O)[nH]1. The lowest BCUT2D eigenvalue weighted by molar-refractivity contribution is 0.0692. The van der Waals surface area contributed by atoms with E-state index >= 15 is 0 Å². The number of amides is 2. The third-order valence-electron chi connectivity index (χ3n) is 2.50. The Kier molecular flexibility index (Phi) is 3.69. The number of H-pyrrole nitrogens is 1. The quantitative estimate of drug-likeness (QED) is 0.694. The van der Waals surface area contributed by atoms with Gasteiger partial charge in [-0.15, -0.1) is 0 Å². The van der Waals surface area contributed by atoms with Gasteiger partial charge < -0.3 is 20.7 Å². The molecule has 0 spiro atoms. The summed E-state index contributed by atoms with van der Waals surface area (Å²) in [6, 6.07) is 6.21.